The maximum Gasteiger partial charge on any atom is 0.224 e. The zero-order valence-electron chi connectivity index (χ0n) is 16.1. The second-order valence-corrected chi connectivity index (χ2v) is 7.28. The Hall–Kier alpha value is -2.41. The Morgan fingerprint density at radius 3 is 2.86 bits per heavy atom. The van der Waals surface area contributed by atoms with Crippen molar-refractivity contribution in [2.45, 2.75) is 39.2 Å². The van der Waals surface area contributed by atoms with Crippen molar-refractivity contribution in [3.05, 3.63) is 41.4 Å². The average Bonchev–Trinajstić information content (AvgIpc) is 2.68. The maximum atomic E-state index is 13.2. The van der Waals surface area contributed by atoms with Crippen LogP contribution in [-0.2, 0) is 4.79 Å². The highest BCUT2D eigenvalue weighted by Gasteiger charge is 2.27. The zero-order valence-corrected chi connectivity index (χ0v) is 16.8. The molecule has 1 aliphatic heterocycles. The van der Waals surface area contributed by atoms with Crippen LogP contribution in [0, 0.1) is 5.82 Å². The number of hydrogen-bond acceptors (Lipinski definition) is 5. The number of unbranched alkanes of at least 4 members (excludes halogenated alkanes) is 1. The fourth-order valence-electron chi connectivity index (χ4n) is 3.24. The van der Waals surface area contributed by atoms with Crippen LogP contribution in [0.1, 0.15) is 33.1 Å². The van der Waals surface area contributed by atoms with E-state index < -0.39 is 5.82 Å². The van der Waals surface area contributed by atoms with Crippen LogP contribution in [-0.4, -0.2) is 46.5 Å². The zero-order chi connectivity index (χ0) is 20.1. The van der Waals surface area contributed by atoms with Crippen molar-refractivity contribution in [2.75, 3.05) is 24.5 Å². The monoisotopic (exact) mass is 406 g/mol. The van der Waals surface area contributed by atoms with E-state index in [-0.39, 0.29) is 17.0 Å². The van der Waals surface area contributed by atoms with Crippen LogP contribution in [0.5, 0.6) is 11.6 Å². The Morgan fingerprint density at radius 2 is 2.14 bits per heavy atom. The lowest BCUT2D eigenvalue weighted by Gasteiger charge is -2.40. The fourth-order valence-corrected chi connectivity index (χ4v) is 3.44. The third kappa shape index (κ3) is 4.90. The van der Waals surface area contributed by atoms with E-state index in [2.05, 4.69) is 21.8 Å². The first-order valence-electron chi connectivity index (χ1n) is 9.47. The van der Waals surface area contributed by atoms with Crippen molar-refractivity contribution in [2.24, 2.45) is 0 Å². The second-order valence-electron chi connectivity index (χ2n) is 6.88. The van der Waals surface area contributed by atoms with Gasteiger partial charge in [0.15, 0.2) is 0 Å². The van der Waals surface area contributed by atoms with Gasteiger partial charge in [-0.05, 0) is 31.5 Å². The standard InChI is InChI=1S/C20H24ClFN4O2/c1-3-4-5-20(27)26-9-8-25(12-14(26)2)18-11-19(24-13-23-18)28-17-7-6-15(22)10-16(17)21/h6-7,10-11,13-14H,3-5,8-9,12H2,1-2H3. The number of nitrogens with zero attached hydrogens (tertiary/aromatic N) is 4. The summed E-state index contributed by atoms with van der Waals surface area (Å²) in [5.41, 5.74) is 0. The molecule has 1 aliphatic rings. The van der Waals surface area contributed by atoms with E-state index in [1.54, 1.807) is 6.07 Å². The van der Waals surface area contributed by atoms with Crippen molar-refractivity contribution < 1.29 is 13.9 Å². The predicted octanol–water partition coefficient (Wildman–Crippen LogP) is 4.29. The summed E-state index contributed by atoms with van der Waals surface area (Å²) in [5, 5.41) is 0.174. The van der Waals surface area contributed by atoms with Gasteiger partial charge in [-0.15, -0.1) is 0 Å². The van der Waals surface area contributed by atoms with Crippen LogP contribution in [0.2, 0.25) is 5.02 Å². The molecule has 1 atom stereocenters. The van der Waals surface area contributed by atoms with Gasteiger partial charge in [-0.1, -0.05) is 24.9 Å². The molecule has 2 heterocycles. The van der Waals surface area contributed by atoms with Crippen molar-refractivity contribution in [1.82, 2.24) is 14.9 Å². The summed E-state index contributed by atoms with van der Waals surface area (Å²) in [7, 11) is 0. The number of halogens is 2. The number of amides is 1. The Bertz CT molecular complexity index is 836. The number of carbonyl (C=O) groups excluding carboxylic acids is 1. The van der Waals surface area contributed by atoms with Gasteiger partial charge >= 0.3 is 0 Å². The molecule has 0 saturated carbocycles. The van der Waals surface area contributed by atoms with Gasteiger partial charge in [-0.3, -0.25) is 4.79 Å². The topological polar surface area (TPSA) is 58.6 Å². The quantitative estimate of drug-likeness (QED) is 0.716. The number of anilines is 1. The Labute approximate surface area is 169 Å². The lowest BCUT2D eigenvalue weighted by molar-refractivity contribution is -0.133. The molecule has 0 N–H and O–H groups in total. The molecular weight excluding hydrogens is 383 g/mol. The molecule has 6 nitrogen and oxygen atoms in total. The van der Waals surface area contributed by atoms with Crippen molar-refractivity contribution in [3.63, 3.8) is 0 Å². The van der Waals surface area contributed by atoms with E-state index in [1.165, 1.54) is 24.5 Å². The van der Waals surface area contributed by atoms with Crippen molar-refractivity contribution in [3.8, 4) is 11.6 Å². The van der Waals surface area contributed by atoms with E-state index >= 15 is 0 Å². The van der Waals surface area contributed by atoms with E-state index in [4.69, 9.17) is 16.3 Å². The van der Waals surface area contributed by atoms with Crippen molar-refractivity contribution >= 4 is 23.3 Å². The summed E-state index contributed by atoms with van der Waals surface area (Å²) in [4.78, 5) is 24.8. The molecule has 1 saturated heterocycles. The minimum atomic E-state index is -0.430. The number of ether oxygens (including phenoxy) is 1. The molecular formula is C20H24ClFN4O2. The number of hydrogen-bond donors (Lipinski definition) is 0. The summed E-state index contributed by atoms with van der Waals surface area (Å²) >= 11 is 6.01. The Morgan fingerprint density at radius 1 is 1.32 bits per heavy atom. The minimum absolute atomic E-state index is 0.101. The van der Waals surface area contributed by atoms with Gasteiger partial charge in [0.05, 0.1) is 5.02 Å². The van der Waals surface area contributed by atoms with Crippen LogP contribution in [0.25, 0.3) is 0 Å². The van der Waals surface area contributed by atoms with Crippen LogP contribution in [0.15, 0.2) is 30.6 Å². The predicted molar refractivity (Wildman–Crippen MR) is 106 cm³/mol. The highest BCUT2D eigenvalue weighted by Crippen LogP contribution is 2.30. The maximum absolute atomic E-state index is 13.2. The molecule has 0 aliphatic carbocycles. The molecule has 150 valence electrons. The Kier molecular flexibility index (Phi) is 6.67. The minimum Gasteiger partial charge on any atom is -0.437 e. The molecule has 1 aromatic carbocycles. The van der Waals surface area contributed by atoms with Gasteiger partial charge in [0.1, 0.15) is 23.7 Å². The number of aromatic nitrogens is 2. The lowest BCUT2D eigenvalue weighted by atomic mass is 10.1. The highest BCUT2D eigenvalue weighted by atomic mass is 35.5. The molecule has 28 heavy (non-hydrogen) atoms. The lowest BCUT2D eigenvalue weighted by Crippen LogP contribution is -2.54. The normalized spacial score (nSPS) is 16.9. The van der Waals surface area contributed by atoms with Gasteiger partial charge in [0.25, 0.3) is 0 Å². The highest BCUT2D eigenvalue weighted by molar-refractivity contribution is 6.32. The molecule has 3 rings (SSSR count). The van der Waals surface area contributed by atoms with Gasteiger partial charge in [-0.2, -0.15) is 0 Å². The van der Waals surface area contributed by atoms with Crippen molar-refractivity contribution in [1.29, 1.82) is 0 Å². The summed E-state index contributed by atoms with van der Waals surface area (Å²) < 4.78 is 18.9. The second kappa shape index (κ2) is 9.19. The van der Waals surface area contributed by atoms with Gasteiger partial charge in [0.2, 0.25) is 11.8 Å². The Balaban J connectivity index is 1.67. The van der Waals surface area contributed by atoms with Crippen LogP contribution < -0.4 is 9.64 Å². The third-order valence-electron chi connectivity index (χ3n) is 4.75. The number of rotatable bonds is 6. The molecule has 8 heteroatoms. The molecule has 1 amide bonds. The molecule has 0 radical (unpaired) electrons. The largest absolute Gasteiger partial charge is 0.437 e. The molecule has 1 fully saturated rings. The number of benzene rings is 1. The number of piperazine rings is 1. The van der Waals surface area contributed by atoms with E-state index in [0.29, 0.717) is 37.7 Å². The molecule has 1 aromatic heterocycles. The first kappa shape index (κ1) is 20.3. The third-order valence-corrected chi connectivity index (χ3v) is 5.05. The van der Waals surface area contributed by atoms with Gasteiger partial charge < -0.3 is 14.5 Å². The van der Waals surface area contributed by atoms with E-state index in [9.17, 15) is 9.18 Å². The summed E-state index contributed by atoms with van der Waals surface area (Å²) in [5.74, 6) is 1.16. The summed E-state index contributed by atoms with van der Waals surface area (Å²) in [6.45, 7) is 6.17. The van der Waals surface area contributed by atoms with Crippen LogP contribution in [0.4, 0.5) is 10.2 Å². The van der Waals surface area contributed by atoms with E-state index in [0.717, 1.165) is 18.7 Å². The molecule has 1 unspecified atom stereocenters. The van der Waals surface area contributed by atoms with Crippen LogP contribution in [0.3, 0.4) is 0 Å². The molecule has 2 aromatic rings. The summed E-state index contributed by atoms with van der Waals surface area (Å²) in [6, 6.07) is 5.75. The first-order chi connectivity index (χ1) is 13.5. The SMILES string of the molecule is CCCCC(=O)N1CCN(c2cc(Oc3ccc(F)cc3Cl)ncn2)CC1C. The first-order valence-corrected chi connectivity index (χ1v) is 9.85. The van der Waals surface area contributed by atoms with E-state index in [1.807, 2.05) is 11.8 Å². The van der Waals surface area contributed by atoms with Gasteiger partial charge in [0, 0.05) is 38.2 Å². The molecule has 0 bridgehead atoms. The number of carbonyl (C=O) groups is 1. The smallest absolute Gasteiger partial charge is 0.224 e. The van der Waals surface area contributed by atoms with Crippen LogP contribution >= 0.6 is 11.6 Å². The summed E-state index contributed by atoms with van der Waals surface area (Å²) in [6.07, 6.45) is 3.96. The average molecular weight is 407 g/mol. The van der Waals surface area contributed by atoms with Gasteiger partial charge in [-0.25, -0.2) is 14.4 Å². The molecule has 0 spiro atoms. The fraction of sp³-hybridized carbons (Fsp3) is 0.450.